The average molecular weight is 264 g/mol. The van der Waals surface area contributed by atoms with E-state index < -0.39 is 0 Å². The van der Waals surface area contributed by atoms with E-state index in [2.05, 4.69) is 26.8 Å². The molecule has 0 aliphatic heterocycles. The molecule has 1 rings (SSSR count). The van der Waals surface area contributed by atoms with Crippen molar-refractivity contribution in [3.8, 4) is 5.75 Å². The number of methoxy groups -OCH3 is 1. The molecular weight excluding hydrogens is 240 g/mol. The van der Waals surface area contributed by atoms with E-state index in [1.54, 1.807) is 7.11 Å². The Morgan fingerprint density at radius 3 is 2.47 bits per heavy atom. The molecule has 0 aliphatic rings. The van der Waals surface area contributed by atoms with Gasteiger partial charge in [0.05, 0.1) is 13.7 Å². The van der Waals surface area contributed by atoms with Gasteiger partial charge < -0.3 is 10.5 Å². The summed E-state index contributed by atoms with van der Waals surface area (Å²) in [7, 11) is 3.60. The third-order valence-electron chi connectivity index (χ3n) is 3.49. The van der Waals surface area contributed by atoms with Crippen LogP contribution in [0.3, 0.4) is 0 Å². The molecule has 0 saturated heterocycles. The van der Waals surface area contributed by atoms with E-state index >= 15 is 0 Å². The third-order valence-corrected chi connectivity index (χ3v) is 3.49. The van der Waals surface area contributed by atoms with E-state index in [-0.39, 0.29) is 12.5 Å². The summed E-state index contributed by atoms with van der Waals surface area (Å²) < 4.78 is 5.54. The van der Waals surface area contributed by atoms with Gasteiger partial charge in [-0.2, -0.15) is 0 Å². The normalized spacial score (nSPS) is 10.8. The van der Waals surface area contributed by atoms with Gasteiger partial charge in [0, 0.05) is 6.54 Å². The molecule has 0 fully saturated rings. The molecule has 0 radical (unpaired) electrons. The van der Waals surface area contributed by atoms with Gasteiger partial charge in [0.1, 0.15) is 5.75 Å². The molecule has 0 aliphatic carbocycles. The van der Waals surface area contributed by atoms with Crippen molar-refractivity contribution in [3.63, 3.8) is 0 Å². The second-order valence-electron chi connectivity index (χ2n) is 5.10. The van der Waals surface area contributed by atoms with Crippen molar-refractivity contribution in [3.05, 3.63) is 28.3 Å². The van der Waals surface area contributed by atoms with Gasteiger partial charge in [0.2, 0.25) is 5.91 Å². The number of hydrogen-bond acceptors (Lipinski definition) is 3. The molecule has 0 atom stereocenters. The van der Waals surface area contributed by atoms with Gasteiger partial charge in [0.25, 0.3) is 0 Å². The molecule has 1 aromatic carbocycles. The molecule has 4 heteroatoms. The Kier molecular flexibility index (Phi) is 5.36. The molecular formula is C15H24N2O2. The molecule has 4 nitrogen and oxygen atoms in total. The van der Waals surface area contributed by atoms with Crippen LogP contribution in [0.5, 0.6) is 5.75 Å². The molecule has 1 amide bonds. The van der Waals surface area contributed by atoms with E-state index in [0.29, 0.717) is 0 Å². The molecule has 0 aromatic heterocycles. The number of nitrogens with zero attached hydrogens (tertiary/aromatic N) is 1. The molecule has 1 aromatic rings. The number of benzene rings is 1. The number of primary amides is 1. The monoisotopic (exact) mass is 264 g/mol. The smallest absolute Gasteiger partial charge is 0.231 e. The lowest BCUT2D eigenvalue weighted by Gasteiger charge is -2.19. The summed E-state index contributed by atoms with van der Waals surface area (Å²) in [5.74, 6) is 0.663. The summed E-state index contributed by atoms with van der Waals surface area (Å²) in [4.78, 5) is 12.8. The number of amides is 1. The van der Waals surface area contributed by atoms with E-state index in [9.17, 15) is 4.79 Å². The maximum Gasteiger partial charge on any atom is 0.231 e. The van der Waals surface area contributed by atoms with Crippen LogP contribution in [0, 0.1) is 20.8 Å². The Morgan fingerprint density at radius 2 is 1.95 bits per heavy atom. The maximum atomic E-state index is 10.9. The van der Waals surface area contributed by atoms with Crippen molar-refractivity contribution in [1.82, 2.24) is 4.90 Å². The van der Waals surface area contributed by atoms with Crippen LogP contribution in [-0.4, -0.2) is 38.1 Å². The van der Waals surface area contributed by atoms with Crippen LogP contribution in [0.25, 0.3) is 0 Å². The largest absolute Gasteiger partial charge is 0.496 e. The van der Waals surface area contributed by atoms with E-state index in [1.165, 1.54) is 22.3 Å². The molecule has 0 spiro atoms. The quantitative estimate of drug-likeness (QED) is 0.848. The summed E-state index contributed by atoms with van der Waals surface area (Å²) in [6, 6.07) is 2.18. The van der Waals surface area contributed by atoms with Crippen LogP contribution in [0.4, 0.5) is 0 Å². The van der Waals surface area contributed by atoms with Crippen LogP contribution in [0.2, 0.25) is 0 Å². The predicted octanol–water partition coefficient (Wildman–Crippen LogP) is 1.58. The number of likely N-dealkylation sites (N-methyl/N-ethyl adjacent to an activating group) is 1. The molecule has 0 saturated carbocycles. The van der Waals surface area contributed by atoms with E-state index in [4.69, 9.17) is 10.5 Å². The minimum Gasteiger partial charge on any atom is -0.496 e. The van der Waals surface area contributed by atoms with Crippen LogP contribution in [0.15, 0.2) is 6.07 Å². The second-order valence-corrected chi connectivity index (χ2v) is 5.10. The highest BCUT2D eigenvalue weighted by molar-refractivity contribution is 5.75. The molecule has 2 N–H and O–H groups in total. The van der Waals surface area contributed by atoms with Gasteiger partial charge in [-0.15, -0.1) is 0 Å². The van der Waals surface area contributed by atoms with Crippen molar-refractivity contribution in [2.75, 3.05) is 27.2 Å². The van der Waals surface area contributed by atoms with Gasteiger partial charge in [-0.25, -0.2) is 0 Å². The summed E-state index contributed by atoms with van der Waals surface area (Å²) >= 11 is 0. The highest BCUT2D eigenvalue weighted by atomic mass is 16.5. The van der Waals surface area contributed by atoms with Gasteiger partial charge in [-0.3, -0.25) is 9.69 Å². The Bertz CT molecular complexity index is 470. The first kappa shape index (κ1) is 15.5. The number of ether oxygens (including phenoxy) is 1. The Labute approximate surface area is 115 Å². The first-order chi connectivity index (χ1) is 8.86. The summed E-state index contributed by atoms with van der Waals surface area (Å²) in [5.41, 5.74) is 10.0. The molecule has 0 bridgehead atoms. The van der Waals surface area contributed by atoms with Gasteiger partial charge in [-0.1, -0.05) is 6.07 Å². The third kappa shape index (κ3) is 3.96. The number of carbonyl (C=O) groups excluding carboxylic acids is 1. The zero-order chi connectivity index (χ0) is 14.6. The van der Waals surface area contributed by atoms with Gasteiger partial charge >= 0.3 is 0 Å². The molecule has 0 unspecified atom stereocenters. The number of aryl methyl sites for hydroxylation is 2. The van der Waals surface area contributed by atoms with E-state index in [1.807, 2.05) is 11.9 Å². The van der Waals surface area contributed by atoms with Crippen molar-refractivity contribution in [2.24, 2.45) is 5.73 Å². The topological polar surface area (TPSA) is 55.6 Å². The Morgan fingerprint density at radius 1 is 1.32 bits per heavy atom. The van der Waals surface area contributed by atoms with Crippen LogP contribution >= 0.6 is 0 Å². The molecule has 106 valence electrons. The minimum absolute atomic E-state index is 0.284. The lowest BCUT2D eigenvalue weighted by atomic mass is 9.97. The Hall–Kier alpha value is -1.55. The van der Waals surface area contributed by atoms with Crippen molar-refractivity contribution in [1.29, 1.82) is 0 Å². The van der Waals surface area contributed by atoms with Crippen molar-refractivity contribution < 1.29 is 9.53 Å². The van der Waals surface area contributed by atoms with Gasteiger partial charge in [0.15, 0.2) is 0 Å². The molecule has 19 heavy (non-hydrogen) atoms. The highest BCUT2D eigenvalue weighted by Gasteiger charge is 2.13. The number of nitrogens with two attached hydrogens (primary N) is 1. The predicted molar refractivity (Wildman–Crippen MR) is 77.6 cm³/mol. The van der Waals surface area contributed by atoms with E-state index in [0.717, 1.165) is 18.7 Å². The zero-order valence-corrected chi connectivity index (χ0v) is 12.5. The van der Waals surface area contributed by atoms with Crippen molar-refractivity contribution >= 4 is 5.91 Å². The second kappa shape index (κ2) is 6.57. The number of carbonyl (C=O) groups is 1. The number of hydrogen-bond donors (Lipinski definition) is 1. The van der Waals surface area contributed by atoms with Crippen molar-refractivity contribution in [2.45, 2.75) is 27.2 Å². The van der Waals surface area contributed by atoms with Gasteiger partial charge in [-0.05, 0) is 56.5 Å². The summed E-state index contributed by atoms with van der Waals surface area (Å²) in [6.07, 6.45) is 0.847. The van der Waals surface area contributed by atoms with Crippen LogP contribution in [-0.2, 0) is 11.2 Å². The fourth-order valence-electron chi connectivity index (χ4n) is 2.34. The number of rotatable bonds is 6. The summed E-state index contributed by atoms with van der Waals surface area (Å²) in [5, 5.41) is 0. The highest BCUT2D eigenvalue weighted by Crippen LogP contribution is 2.29. The average Bonchev–Trinajstić information content (AvgIpc) is 2.31. The zero-order valence-electron chi connectivity index (χ0n) is 12.5. The SMILES string of the molecule is COc1c(C)c(C)cc(C)c1CCN(C)CC(N)=O. The summed E-state index contributed by atoms with van der Waals surface area (Å²) in [6.45, 7) is 7.32. The molecule has 0 heterocycles. The lowest BCUT2D eigenvalue weighted by molar-refractivity contribution is -0.118. The first-order valence-electron chi connectivity index (χ1n) is 6.47. The lowest BCUT2D eigenvalue weighted by Crippen LogP contribution is -2.32. The fraction of sp³-hybridized carbons (Fsp3) is 0.533. The Balaban J connectivity index is 2.89. The standard InChI is InChI=1S/C15H24N2O2/c1-10-8-11(2)13(15(19-5)12(10)3)6-7-17(4)9-14(16)18/h8H,6-7,9H2,1-5H3,(H2,16,18). The van der Waals surface area contributed by atoms with Crippen LogP contribution < -0.4 is 10.5 Å². The van der Waals surface area contributed by atoms with Crippen LogP contribution in [0.1, 0.15) is 22.3 Å². The fourth-order valence-corrected chi connectivity index (χ4v) is 2.34. The maximum absolute atomic E-state index is 10.9. The minimum atomic E-state index is -0.300. The first-order valence-corrected chi connectivity index (χ1v) is 6.47.